The molecular formula is C19H21ClN2O4. The Morgan fingerprint density at radius 3 is 2.50 bits per heavy atom. The van der Waals surface area contributed by atoms with Gasteiger partial charge in [0, 0.05) is 17.8 Å². The zero-order chi connectivity index (χ0) is 19.4. The molecule has 0 radical (unpaired) electrons. The predicted molar refractivity (Wildman–Crippen MR) is 102 cm³/mol. The number of nitro benzene ring substituents is 1. The number of amides is 1. The Hall–Kier alpha value is -2.60. The van der Waals surface area contributed by atoms with Crippen LogP contribution in [0.3, 0.4) is 0 Å². The number of rotatable bonds is 6. The Bertz CT molecular complexity index is 836. The van der Waals surface area contributed by atoms with Crippen molar-refractivity contribution in [1.82, 2.24) is 0 Å². The molecule has 0 saturated carbocycles. The van der Waals surface area contributed by atoms with Gasteiger partial charge in [-0.1, -0.05) is 43.6 Å². The molecule has 0 saturated heterocycles. The van der Waals surface area contributed by atoms with Crippen LogP contribution in [0.2, 0.25) is 5.02 Å². The van der Waals surface area contributed by atoms with Gasteiger partial charge in [0.05, 0.1) is 9.95 Å². The van der Waals surface area contributed by atoms with Crippen LogP contribution < -0.4 is 10.1 Å². The number of hydrogen-bond donors (Lipinski definition) is 1. The Labute approximate surface area is 157 Å². The molecule has 7 heteroatoms. The van der Waals surface area contributed by atoms with Gasteiger partial charge < -0.3 is 10.1 Å². The molecule has 6 nitrogen and oxygen atoms in total. The van der Waals surface area contributed by atoms with E-state index in [1.54, 1.807) is 6.92 Å². The summed E-state index contributed by atoms with van der Waals surface area (Å²) in [6.07, 6.45) is -0.825. The van der Waals surface area contributed by atoms with E-state index >= 15 is 0 Å². The Kier molecular flexibility index (Phi) is 6.21. The van der Waals surface area contributed by atoms with Crippen LogP contribution in [0, 0.1) is 17.0 Å². The van der Waals surface area contributed by atoms with Gasteiger partial charge in [-0.15, -0.1) is 0 Å². The van der Waals surface area contributed by atoms with Crippen molar-refractivity contribution in [3.05, 3.63) is 62.7 Å². The number of carbonyl (C=O) groups excluding carboxylic acids is 1. The van der Waals surface area contributed by atoms with Crippen molar-refractivity contribution in [2.45, 2.75) is 39.7 Å². The third kappa shape index (κ3) is 4.52. The highest BCUT2D eigenvalue weighted by Gasteiger charge is 2.20. The molecule has 0 fully saturated rings. The molecule has 0 aliphatic rings. The van der Waals surface area contributed by atoms with Crippen LogP contribution in [0.4, 0.5) is 11.4 Å². The van der Waals surface area contributed by atoms with Crippen molar-refractivity contribution in [3.63, 3.8) is 0 Å². The SMILES string of the molecule is Cc1cccc(C(C)C)c1NC(=O)C(C)Oc1ccc([N+](=O)[O-])cc1Cl. The molecule has 2 aromatic carbocycles. The topological polar surface area (TPSA) is 81.5 Å². The third-order valence-electron chi connectivity index (χ3n) is 3.97. The van der Waals surface area contributed by atoms with E-state index in [1.165, 1.54) is 18.2 Å². The predicted octanol–water partition coefficient (Wildman–Crippen LogP) is 5.09. The smallest absolute Gasteiger partial charge is 0.271 e. The number of aryl methyl sites for hydroxylation is 1. The van der Waals surface area contributed by atoms with E-state index in [-0.39, 0.29) is 28.3 Å². The molecule has 0 heterocycles. The second-order valence-electron chi connectivity index (χ2n) is 6.32. The number of non-ortho nitro benzene ring substituents is 1. The van der Waals surface area contributed by atoms with E-state index in [1.807, 2.05) is 25.1 Å². The summed E-state index contributed by atoms with van der Waals surface area (Å²) in [7, 11) is 0. The number of nitrogens with zero attached hydrogens (tertiary/aromatic N) is 1. The summed E-state index contributed by atoms with van der Waals surface area (Å²) in [5.41, 5.74) is 2.64. The summed E-state index contributed by atoms with van der Waals surface area (Å²) in [6.45, 7) is 7.64. The zero-order valence-corrected chi connectivity index (χ0v) is 15.8. The van der Waals surface area contributed by atoms with E-state index in [0.29, 0.717) is 0 Å². The molecule has 0 aliphatic heterocycles. The molecule has 2 aromatic rings. The number of carbonyl (C=O) groups is 1. The van der Waals surface area contributed by atoms with Crippen molar-refractivity contribution >= 4 is 28.9 Å². The van der Waals surface area contributed by atoms with Gasteiger partial charge in [-0.25, -0.2) is 0 Å². The van der Waals surface area contributed by atoms with Gasteiger partial charge in [0.1, 0.15) is 5.75 Å². The average molecular weight is 377 g/mol. The van der Waals surface area contributed by atoms with Gasteiger partial charge in [-0.05, 0) is 37.0 Å². The van der Waals surface area contributed by atoms with Gasteiger partial charge in [0.15, 0.2) is 6.10 Å². The van der Waals surface area contributed by atoms with E-state index in [0.717, 1.165) is 16.8 Å². The van der Waals surface area contributed by atoms with Crippen molar-refractivity contribution in [1.29, 1.82) is 0 Å². The lowest BCUT2D eigenvalue weighted by Crippen LogP contribution is -2.31. The largest absolute Gasteiger partial charge is 0.479 e. The lowest BCUT2D eigenvalue weighted by atomic mass is 9.98. The van der Waals surface area contributed by atoms with Gasteiger partial charge in [-0.2, -0.15) is 0 Å². The van der Waals surface area contributed by atoms with Gasteiger partial charge in [0.25, 0.3) is 11.6 Å². The highest BCUT2D eigenvalue weighted by Crippen LogP contribution is 2.30. The number of benzene rings is 2. The van der Waals surface area contributed by atoms with Crippen LogP contribution in [0.1, 0.15) is 37.8 Å². The molecule has 0 spiro atoms. The summed E-state index contributed by atoms with van der Waals surface area (Å²) in [4.78, 5) is 22.8. The number of nitro groups is 1. The first-order chi connectivity index (χ1) is 12.2. The van der Waals surface area contributed by atoms with Crippen LogP contribution in [0.25, 0.3) is 0 Å². The Morgan fingerprint density at radius 1 is 1.23 bits per heavy atom. The van der Waals surface area contributed by atoms with E-state index in [9.17, 15) is 14.9 Å². The second kappa shape index (κ2) is 8.19. The van der Waals surface area contributed by atoms with Crippen LogP contribution >= 0.6 is 11.6 Å². The fourth-order valence-corrected chi connectivity index (χ4v) is 2.73. The molecule has 26 heavy (non-hydrogen) atoms. The van der Waals surface area contributed by atoms with Crippen LogP contribution in [0.5, 0.6) is 5.75 Å². The normalized spacial score (nSPS) is 11.9. The number of anilines is 1. The molecule has 0 bridgehead atoms. The fraction of sp³-hybridized carbons (Fsp3) is 0.316. The lowest BCUT2D eigenvalue weighted by Gasteiger charge is -2.19. The maximum atomic E-state index is 12.5. The van der Waals surface area contributed by atoms with E-state index in [4.69, 9.17) is 16.3 Å². The molecule has 2 rings (SSSR count). The number of halogens is 1. The summed E-state index contributed by atoms with van der Waals surface area (Å²) in [5, 5.41) is 13.8. The maximum absolute atomic E-state index is 12.5. The summed E-state index contributed by atoms with van der Waals surface area (Å²) in [6, 6.07) is 9.73. The third-order valence-corrected chi connectivity index (χ3v) is 4.27. The quantitative estimate of drug-likeness (QED) is 0.562. The molecule has 0 aromatic heterocycles. The monoisotopic (exact) mass is 376 g/mol. The molecule has 1 amide bonds. The zero-order valence-electron chi connectivity index (χ0n) is 15.1. The summed E-state index contributed by atoms with van der Waals surface area (Å²) in [5.74, 6) is 0.148. The van der Waals surface area contributed by atoms with Crippen molar-refractivity contribution < 1.29 is 14.5 Å². The minimum absolute atomic E-state index is 0.0811. The molecule has 138 valence electrons. The molecule has 1 atom stereocenters. The van der Waals surface area contributed by atoms with Gasteiger partial charge in [-0.3, -0.25) is 14.9 Å². The number of para-hydroxylation sites is 1. The average Bonchev–Trinajstić information content (AvgIpc) is 2.57. The van der Waals surface area contributed by atoms with Crippen LogP contribution in [-0.4, -0.2) is 16.9 Å². The highest BCUT2D eigenvalue weighted by atomic mass is 35.5. The van der Waals surface area contributed by atoms with E-state index in [2.05, 4.69) is 19.2 Å². The first-order valence-electron chi connectivity index (χ1n) is 8.21. The lowest BCUT2D eigenvalue weighted by molar-refractivity contribution is -0.384. The molecule has 1 N–H and O–H groups in total. The van der Waals surface area contributed by atoms with E-state index < -0.39 is 11.0 Å². The van der Waals surface area contributed by atoms with Crippen molar-refractivity contribution in [3.8, 4) is 5.75 Å². The van der Waals surface area contributed by atoms with Crippen LogP contribution in [0.15, 0.2) is 36.4 Å². The molecule has 1 unspecified atom stereocenters. The molecular weight excluding hydrogens is 356 g/mol. The van der Waals surface area contributed by atoms with Crippen molar-refractivity contribution in [2.75, 3.05) is 5.32 Å². The van der Waals surface area contributed by atoms with Gasteiger partial charge in [0.2, 0.25) is 0 Å². The highest BCUT2D eigenvalue weighted by molar-refractivity contribution is 6.32. The minimum Gasteiger partial charge on any atom is -0.479 e. The standard InChI is InChI=1S/C19H21ClN2O4/c1-11(2)15-7-5-6-12(3)18(15)21-19(23)13(4)26-17-9-8-14(22(24)25)10-16(17)20/h5-11,13H,1-4H3,(H,21,23). The van der Waals surface area contributed by atoms with Gasteiger partial charge >= 0.3 is 0 Å². The summed E-state index contributed by atoms with van der Waals surface area (Å²) >= 11 is 6.01. The second-order valence-corrected chi connectivity index (χ2v) is 6.72. The number of ether oxygens (including phenoxy) is 1. The van der Waals surface area contributed by atoms with Crippen molar-refractivity contribution in [2.24, 2.45) is 0 Å². The maximum Gasteiger partial charge on any atom is 0.271 e. The van der Waals surface area contributed by atoms with Crippen LogP contribution in [-0.2, 0) is 4.79 Å². The first kappa shape index (κ1) is 19.7. The summed E-state index contributed by atoms with van der Waals surface area (Å²) < 4.78 is 5.59. The minimum atomic E-state index is -0.825. The first-order valence-corrected chi connectivity index (χ1v) is 8.59. The molecule has 0 aliphatic carbocycles. The fourth-order valence-electron chi connectivity index (χ4n) is 2.51. The Morgan fingerprint density at radius 2 is 1.92 bits per heavy atom. The number of nitrogens with one attached hydrogen (secondary N) is 1. The Balaban J connectivity index is 2.15. The number of hydrogen-bond acceptors (Lipinski definition) is 4.